The molecular formula is C11H18O3. The first-order chi connectivity index (χ1) is 6.75. The van der Waals surface area contributed by atoms with E-state index in [0.717, 1.165) is 25.6 Å². The molecule has 0 radical (unpaired) electrons. The van der Waals surface area contributed by atoms with Crippen LogP contribution in [0.15, 0.2) is 0 Å². The van der Waals surface area contributed by atoms with Gasteiger partial charge in [-0.2, -0.15) is 0 Å². The minimum absolute atomic E-state index is 0.383. The lowest BCUT2D eigenvalue weighted by Crippen LogP contribution is -2.16. The normalized spacial score (nSPS) is 32.9. The minimum atomic E-state index is -0.635. The van der Waals surface area contributed by atoms with E-state index in [9.17, 15) is 4.79 Å². The summed E-state index contributed by atoms with van der Waals surface area (Å²) < 4.78 is 5.30. The molecule has 1 aliphatic carbocycles. The smallest absolute Gasteiger partial charge is 0.303 e. The average Bonchev–Trinajstić information content (AvgIpc) is 2.84. The second-order valence-corrected chi connectivity index (χ2v) is 4.65. The maximum absolute atomic E-state index is 10.5. The van der Waals surface area contributed by atoms with Crippen molar-refractivity contribution in [2.24, 2.45) is 17.8 Å². The van der Waals surface area contributed by atoms with Gasteiger partial charge in [-0.15, -0.1) is 0 Å². The lowest BCUT2D eigenvalue weighted by atomic mass is 9.93. The quantitative estimate of drug-likeness (QED) is 0.750. The summed E-state index contributed by atoms with van der Waals surface area (Å²) in [6.45, 7) is 1.81. The van der Waals surface area contributed by atoms with Gasteiger partial charge in [0.05, 0.1) is 0 Å². The molecule has 0 amide bonds. The summed E-state index contributed by atoms with van der Waals surface area (Å²) in [5.41, 5.74) is 0. The van der Waals surface area contributed by atoms with E-state index >= 15 is 0 Å². The number of carbonyl (C=O) groups is 1. The van der Waals surface area contributed by atoms with Crippen molar-refractivity contribution in [2.75, 3.05) is 13.2 Å². The summed E-state index contributed by atoms with van der Waals surface area (Å²) in [4.78, 5) is 10.5. The van der Waals surface area contributed by atoms with E-state index < -0.39 is 5.97 Å². The van der Waals surface area contributed by atoms with Gasteiger partial charge in [-0.05, 0) is 43.4 Å². The largest absolute Gasteiger partial charge is 0.481 e. The fraction of sp³-hybridized carbons (Fsp3) is 0.909. The highest BCUT2D eigenvalue weighted by Gasteiger charge is 2.39. The topological polar surface area (TPSA) is 46.5 Å². The van der Waals surface area contributed by atoms with E-state index in [0.29, 0.717) is 18.3 Å². The highest BCUT2D eigenvalue weighted by molar-refractivity contribution is 5.67. The molecule has 2 atom stereocenters. The van der Waals surface area contributed by atoms with Gasteiger partial charge in [-0.3, -0.25) is 4.79 Å². The predicted octanol–water partition coefficient (Wildman–Crippen LogP) is 1.91. The standard InChI is InChI=1S/C11H18O3/c12-11(13)7-10-6-9(10)5-8-1-3-14-4-2-8/h8-10H,1-7H2,(H,12,13). The Bertz CT molecular complexity index is 209. The van der Waals surface area contributed by atoms with Crippen LogP contribution in [0.2, 0.25) is 0 Å². The molecular weight excluding hydrogens is 180 g/mol. The maximum atomic E-state index is 10.5. The van der Waals surface area contributed by atoms with Crippen LogP contribution in [0.5, 0.6) is 0 Å². The first kappa shape index (κ1) is 9.97. The molecule has 1 saturated carbocycles. The van der Waals surface area contributed by atoms with Crippen LogP contribution in [-0.2, 0) is 9.53 Å². The Morgan fingerprint density at radius 1 is 1.29 bits per heavy atom. The van der Waals surface area contributed by atoms with Crippen LogP contribution in [0, 0.1) is 17.8 Å². The zero-order chi connectivity index (χ0) is 9.97. The van der Waals surface area contributed by atoms with Gasteiger partial charge in [0.2, 0.25) is 0 Å². The zero-order valence-electron chi connectivity index (χ0n) is 8.45. The molecule has 0 bridgehead atoms. The first-order valence-corrected chi connectivity index (χ1v) is 5.55. The molecule has 14 heavy (non-hydrogen) atoms. The van der Waals surface area contributed by atoms with Gasteiger partial charge in [-0.1, -0.05) is 0 Å². The van der Waals surface area contributed by atoms with Gasteiger partial charge in [0.1, 0.15) is 0 Å². The minimum Gasteiger partial charge on any atom is -0.481 e. The first-order valence-electron chi connectivity index (χ1n) is 5.55. The van der Waals surface area contributed by atoms with Crippen molar-refractivity contribution in [1.29, 1.82) is 0 Å². The summed E-state index contributed by atoms with van der Waals surface area (Å²) >= 11 is 0. The van der Waals surface area contributed by atoms with Crippen molar-refractivity contribution in [3.05, 3.63) is 0 Å². The Morgan fingerprint density at radius 2 is 2.00 bits per heavy atom. The third-order valence-electron chi connectivity index (χ3n) is 3.48. The molecule has 3 heteroatoms. The Hall–Kier alpha value is -0.570. The highest BCUT2D eigenvalue weighted by Crippen LogP contribution is 2.46. The van der Waals surface area contributed by atoms with Crippen LogP contribution >= 0.6 is 0 Å². The summed E-state index contributed by atoms with van der Waals surface area (Å²) in [7, 11) is 0. The molecule has 2 fully saturated rings. The Kier molecular flexibility index (Phi) is 3.06. The fourth-order valence-corrected chi connectivity index (χ4v) is 2.48. The number of hydrogen-bond donors (Lipinski definition) is 1. The van der Waals surface area contributed by atoms with Gasteiger partial charge in [0.25, 0.3) is 0 Å². The van der Waals surface area contributed by atoms with Crippen molar-refractivity contribution in [2.45, 2.75) is 32.1 Å². The maximum Gasteiger partial charge on any atom is 0.303 e. The second-order valence-electron chi connectivity index (χ2n) is 4.65. The lowest BCUT2D eigenvalue weighted by Gasteiger charge is -2.21. The number of rotatable bonds is 4. The Morgan fingerprint density at radius 3 is 2.64 bits per heavy atom. The summed E-state index contributed by atoms with van der Waals surface area (Å²) in [6.07, 6.45) is 5.12. The number of ether oxygens (including phenoxy) is 1. The summed E-state index contributed by atoms with van der Waals surface area (Å²) in [6, 6.07) is 0. The van der Waals surface area contributed by atoms with Crippen LogP contribution in [-0.4, -0.2) is 24.3 Å². The predicted molar refractivity (Wildman–Crippen MR) is 52.0 cm³/mol. The molecule has 80 valence electrons. The molecule has 3 nitrogen and oxygen atoms in total. The van der Waals surface area contributed by atoms with E-state index in [1.54, 1.807) is 0 Å². The van der Waals surface area contributed by atoms with Crippen LogP contribution < -0.4 is 0 Å². The third-order valence-corrected chi connectivity index (χ3v) is 3.48. The third kappa shape index (κ3) is 2.71. The average molecular weight is 198 g/mol. The van der Waals surface area contributed by atoms with Crippen molar-refractivity contribution < 1.29 is 14.6 Å². The van der Waals surface area contributed by atoms with Crippen molar-refractivity contribution in [3.8, 4) is 0 Å². The number of aliphatic carboxylic acids is 1. The monoisotopic (exact) mass is 198 g/mol. The summed E-state index contributed by atoms with van der Waals surface area (Å²) in [5.74, 6) is 1.35. The number of hydrogen-bond acceptors (Lipinski definition) is 2. The molecule has 1 aliphatic heterocycles. The van der Waals surface area contributed by atoms with Gasteiger partial charge in [0, 0.05) is 19.6 Å². The number of carboxylic acids is 1. The zero-order valence-corrected chi connectivity index (χ0v) is 8.45. The van der Waals surface area contributed by atoms with Crippen molar-refractivity contribution in [3.63, 3.8) is 0 Å². The number of carboxylic acid groups (broad SMARTS) is 1. The molecule has 1 saturated heterocycles. The Balaban J connectivity index is 1.65. The van der Waals surface area contributed by atoms with Gasteiger partial charge in [-0.25, -0.2) is 0 Å². The fourth-order valence-electron chi connectivity index (χ4n) is 2.48. The van der Waals surface area contributed by atoms with Crippen molar-refractivity contribution in [1.82, 2.24) is 0 Å². The van der Waals surface area contributed by atoms with E-state index in [1.807, 2.05) is 0 Å². The molecule has 2 aliphatic rings. The second kappa shape index (κ2) is 4.30. The molecule has 0 aromatic rings. The van der Waals surface area contributed by atoms with Gasteiger partial charge >= 0.3 is 5.97 Å². The van der Waals surface area contributed by atoms with E-state index in [-0.39, 0.29) is 0 Å². The van der Waals surface area contributed by atoms with Crippen LogP contribution in [0.3, 0.4) is 0 Å². The lowest BCUT2D eigenvalue weighted by molar-refractivity contribution is -0.137. The van der Waals surface area contributed by atoms with Gasteiger partial charge in [0.15, 0.2) is 0 Å². The molecule has 0 aromatic carbocycles. The molecule has 2 rings (SSSR count). The van der Waals surface area contributed by atoms with Crippen molar-refractivity contribution >= 4 is 5.97 Å². The molecule has 0 aromatic heterocycles. The summed E-state index contributed by atoms with van der Waals surface area (Å²) in [5, 5.41) is 8.63. The molecule has 0 spiro atoms. The van der Waals surface area contributed by atoms with Crippen LogP contribution in [0.4, 0.5) is 0 Å². The highest BCUT2D eigenvalue weighted by atomic mass is 16.5. The van der Waals surface area contributed by atoms with E-state index in [4.69, 9.17) is 9.84 Å². The SMILES string of the molecule is O=C(O)CC1CC1CC1CCOCC1. The van der Waals surface area contributed by atoms with E-state index in [1.165, 1.54) is 19.3 Å². The molecule has 1 N–H and O–H groups in total. The van der Waals surface area contributed by atoms with Gasteiger partial charge < -0.3 is 9.84 Å². The molecule has 1 heterocycles. The Labute approximate surface area is 84.4 Å². The van der Waals surface area contributed by atoms with Crippen LogP contribution in [0.25, 0.3) is 0 Å². The van der Waals surface area contributed by atoms with E-state index in [2.05, 4.69) is 0 Å². The van der Waals surface area contributed by atoms with Crippen LogP contribution in [0.1, 0.15) is 32.1 Å². The molecule has 2 unspecified atom stereocenters.